The fraction of sp³-hybridized carbons (Fsp3) is 0.438. The summed E-state index contributed by atoms with van der Waals surface area (Å²) in [5.74, 6) is -4.75. The number of carboxylic acid groups (broad SMARTS) is 1. The fourth-order valence-electron chi connectivity index (χ4n) is 2.28. The molecule has 1 aliphatic heterocycles. The van der Waals surface area contributed by atoms with Crippen LogP contribution in [0.4, 0.5) is 14.5 Å². The van der Waals surface area contributed by atoms with E-state index >= 15 is 0 Å². The minimum Gasteiger partial charge on any atom is -0.479 e. The van der Waals surface area contributed by atoms with Crippen LogP contribution in [0.25, 0.3) is 0 Å². The predicted octanol–water partition coefficient (Wildman–Crippen LogP) is 1.29. The maximum atomic E-state index is 13.7. The van der Waals surface area contributed by atoms with Gasteiger partial charge >= 0.3 is 5.97 Å². The van der Waals surface area contributed by atoms with Gasteiger partial charge in [0.2, 0.25) is 5.91 Å². The molecule has 3 atom stereocenters. The molecule has 7 nitrogen and oxygen atoms in total. The first-order valence-electron chi connectivity index (χ1n) is 7.64. The molecule has 1 aromatic carbocycles. The standard InChI is InChI=1S/C16H18F2N2O5/c1-7(2)6-10(19-15(22)12-13(25-12)16(23)24)14(21)20-11-8(17)4-3-5-9(11)18/h3-5,7,10,12-13H,6H2,1-2H3,(H,19,22)(H,20,21)(H,23,24)/t10-,12+,13+/m0/s1. The lowest BCUT2D eigenvalue weighted by molar-refractivity contribution is -0.138. The summed E-state index contributed by atoms with van der Waals surface area (Å²) in [6, 6.07) is 2.05. The zero-order chi connectivity index (χ0) is 18.7. The summed E-state index contributed by atoms with van der Waals surface area (Å²) in [5.41, 5.74) is -0.610. The van der Waals surface area contributed by atoms with Crippen molar-refractivity contribution in [2.75, 3.05) is 5.32 Å². The molecule has 0 aromatic heterocycles. The van der Waals surface area contributed by atoms with Crippen molar-refractivity contribution in [2.24, 2.45) is 5.92 Å². The first kappa shape index (κ1) is 18.8. The average Bonchev–Trinajstić information content (AvgIpc) is 3.30. The van der Waals surface area contributed by atoms with E-state index in [1.54, 1.807) is 13.8 Å². The first-order valence-corrected chi connectivity index (χ1v) is 7.64. The molecular formula is C16H18F2N2O5. The third-order valence-corrected chi connectivity index (χ3v) is 3.54. The minimum absolute atomic E-state index is 0.0168. The van der Waals surface area contributed by atoms with E-state index in [9.17, 15) is 23.2 Å². The number of hydrogen-bond donors (Lipinski definition) is 3. The highest BCUT2D eigenvalue weighted by atomic mass is 19.1. The molecule has 2 amide bonds. The molecule has 1 fully saturated rings. The zero-order valence-electron chi connectivity index (χ0n) is 13.6. The van der Waals surface area contributed by atoms with Crippen molar-refractivity contribution in [2.45, 2.75) is 38.5 Å². The van der Waals surface area contributed by atoms with Gasteiger partial charge in [-0.25, -0.2) is 13.6 Å². The number of para-hydroxylation sites is 1. The monoisotopic (exact) mass is 356 g/mol. The molecule has 9 heteroatoms. The number of carboxylic acids is 1. The van der Waals surface area contributed by atoms with E-state index < -0.39 is 53.4 Å². The van der Waals surface area contributed by atoms with E-state index in [2.05, 4.69) is 10.6 Å². The van der Waals surface area contributed by atoms with E-state index in [0.717, 1.165) is 18.2 Å². The Hall–Kier alpha value is -2.55. The quantitative estimate of drug-likeness (QED) is 0.638. The second-order valence-electron chi connectivity index (χ2n) is 6.09. The number of ether oxygens (including phenoxy) is 1. The van der Waals surface area contributed by atoms with Crippen LogP contribution in [-0.2, 0) is 19.1 Å². The van der Waals surface area contributed by atoms with Gasteiger partial charge in [-0.3, -0.25) is 9.59 Å². The number of epoxide rings is 1. The van der Waals surface area contributed by atoms with Gasteiger partial charge in [0.25, 0.3) is 5.91 Å². The molecular weight excluding hydrogens is 338 g/mol. The SMILES string of the molecule is CC(C)C[C@H](NC(=O)[C@@H]1O[C@H]1C(=O)O)C(=O)Nc1c(F)cccc1F. The zero-order valence-corrected chi connectivity index (χ0v) is 13.6. The average molecular weight is 356 g/mol. The maximum absolute atomic E-state index is 13.7. The van der Waals surface area contributed by atoms with Crippen LogP contribution in [0.3, 0.4) is 0 Å². The number of carbonyl (C=O) groups is 3. The van der Waals surface area contributed by atoms with Gasteiger partial charge in [-0.2, -0.15) is 0 Å². The third-order valence-electron chi connectivity index (χ3n) is 3.54. The first-order chi connectivity index (χ1) is 11.7. The van der Waals surface area contributed by atoms with Gasteiger partial charge in [0, 0.05) is 0 Å². The molecule has 0 unspecified atom stereocenters. The Morgan fingerprint density at radius 1 is 1.20 bits per heavy atom. The second-order valence-corrected chi connectivity index (χ2v) is 6.09. The molecule has 0 saturated carbocycles. The highest BCUT2D eigenvalue weighted by Gasteiger charge is 2.51. The van der Waals surface area contributed by atoms with E-state index in [-0.39, 0.29) is 12.3 Å². The Balaban J connectivity index is 2.07. The summed E-state index contributed by atoms with van der Waals surface area (Å²) in [6.07, 6.45) is -2.23. The highest BCUT2D eigenvalue weighted by Crippen LogP contribution is 2.23. The van der Waals surface area contributed by atoms with Crippen molar-refractivity contribution < 1.29 is 33.0 Å². The van der Waals surface area contributed by atoms with Crippen LogP contribution >= 0.6 is 0 Å². The minimum atomic E-state index is -1.28. The topological polar surface area (TPSA) is 108 Å². The van der Waals surface area contributed by atoms with Crippen LogP contribution in [0.1, 0.15) is 20.3 Å². The number of carbonyl (C=O) groups excluding carboxylic acids is 2. The molecule has 3 N–H and O–H groups in total. The molecule has 1 aromatic rings. The van der Waals surface area contributed by atoms with E-state index in [1.165, 1.54) is 0 Å². The Morgan fingerprint density at radius 2 is 1.80 bits per heavy atom. The van der Waals surface area contributed by atoms with Gasteiger partial charge in [-0.1, -0.05) is 19.9 Å². The predicted molar refractivity (Wildman–Crippen MR) is 82.7 cm³/mol. The summed E-state index contributed by atoms with van der Waals surface area (Å²) in [7, 11) is 0. The van der Waals surface area contributed by atoms with E-state index in [1.807, 2.05) is 0 Å². The fourth-order valence-corrected chi connectivity index (χ4v) is 2.28. The molecule has 2 rings (SSSR count). The summed E-state index contributed by atoms with van der Waals surface area (Å²) < 4.78 is 32.0. The van der Waals surface area contributed by atoms with E-state index in [4.69, 9.17) is 9.84 Å². The third kappa shape index (κ3) is 4.72. The lowest BCUT2D eigenvalue weighted by Crippen LogP contribution is -2.46. The van der Waals surface area contributed by atoms with Crippen LogP contribution in [0.5, 0.6) is 0 Å². The Bertz CT molecular complexity index is 675. The molecule has 0 radical (unpaired) electrons. The van der Waals surface area contributed by atoms with Crippen LogP contribution in [0, 0.1) is 17.6 Å². The number of aliphatic carboxylic acids is 1. The maximum Gasteiger partial charge on any atom is 0.336 e. The van der Waals surface area contributed by atoms with Gasteiger partial charge in [-0.15, -0.1) is 0 Å². The van der Waals surface area contributed by atoms with Crippen molar-refractivity contribution in [3.8, 4) is 0 Å². The number of amides is 2. The van der Waals surface area contributed by atoms with Crippen LogP contribution in [0.2, 0.25) is 0 Å². The molecule has 0 bridgehead atoms. The van der Waals surface area contributed by atoms with Crippen molar-refractivity contribution in [3.05, 3.63) is 29.8 Å². The molecule has 0 spiro atoms. The lowest BCUT2D eigenvalue weighted by atomic mass is 10.0. The van der Waals surface area contributed by atoms with Crippen LogP contribution in [0.15, 0.2) is 18.2 Å². The van der Waals surface area contributed by atoms with Crippen LogP contribution < -0.4 is 10.6 Å². The number of rotatable bonds is 7. The Kier molecular flexibility index (Phi) is 5.68. The lowest BCUT2D eigenvalue weighted by Gasteiger charge is -2.20. The summed E-state index contributed by atoms with van der Waals surface area (Å²) >= 11 is 0. The molecule has 136 valence electrons. The number of halogens is 2. The number of anilines is 1. The van der Waals surface area contributed by atoms with Gasteiger partial charge in [0.15, 0.2) is 12.2 Å². The molecule has 1 aliphatic rings. The molecule has 1 saturated heterocycles. The molecule has 1 heterocycles. The molecule has 0 aliphatic carbocycles. The number of hydrogen-bond acceptors (Lipinski definition) is 4. The van der Waals surface area contributed by atoms with E-state index in [0.29, 0.717) is 0 Å². The summed E-state index contributed by atoms with van der Waals surface area (Å²) in [6.45, 7) is 3.59. The van der Waals surface area contributed by atoms with Crippen molar-refractivity contribution >= 4 is 23.5 Å². The van der Waals surface area contributed by atoms with Crippen molar-refractivity contribution in [1.29, 1.82) is 0 Å². The second kappa shape index (κ2) is 7.56. The van der Waals surface area contributed by atoms with Gasteiger partial charge in [-0.05, 0) is 24.5 Å². The Labute approximate surface area is 142 Å². The van der Waals surface area contributed by atoms with Crippen LogP contribution in [-0.4, -0.2) is 41.1 Å². The number of nitrogens with one attached hydrogen (secondary N) is 2. The largest absolute Gasteiger partial charge is 0.479 e. The molecule has 25 heavy (non-hydrogen) atoms. The van der Waals surface area contributed by atoms with Gasteiger partial charge in [0.05, 0.1) is 0 Å². The summed E-state index contributed by atoms with van der Waals surface area (Å²) in [4.78, 5) is 35.0. The van der Waals surface area contributed by atoms with Crippen molar-refractivity contribution in [3.63, 3.8) is 0 Å². The normalized spacial score (nSPS) is 20.0. The highest BCUT2D eigenvalue weighted by molar-refractivity contribution is 5.99. The van der Waals surface area contributed by atoms with Crippen molar-refractivity contribution in [1.82, 2.24) is 5.32 Å². The Morgan fingerprint density at radius 3 is 2.28 bits per heavy atom. The van der Waals surface area contributed by atoms with Gasteiger partial charge < -0.3 is 20.5 Å². The smallest absolute Gasteiger partial charge is 0.336 e. The number of benzene rings is 1. The summed E-state index contributed by atoms with van der Waals surface area (Å²) in [5, 5.41) is 13.2. The van der Waals surface area contributed by atoms with Gasteiger partial charge in [0.1, 0.15) is 23.4 Å².